The zero-order valence-electron chi connectivity index (χ0n) is 13.1. The first-order valence-corrected chi connectivity index (χ1v) is 7.45. The van der Waals surface area contributed by atoms with Gasteiger partial charge in [-0.25, -0.2) is 0 Å². The standard InChI is InChI=1S/C18H18ClNO3/c1-11-6-5-7-14(16-15(21)10-20(4)18(16)22)17(11)23-13(3)9-8-12(2)19/h5-9,16H,2-3,10H2,1,4H3. The van der Waals surface area contributed by atoms with Gasteiger partial charge in [0.15, 0.2) is 5.78 Å². The zero-order valence-corrected chi connectivity index (χ0v) is 13.9. The summed E-state index contributed by atoms with van der Waals surface area (Å²) in [6.45, 7) is 9.31. The fraction of sp³-hybridized carbons (Fsp3) is 0.222. The normalized spacial score (nSPS) is 17.9. The maximum absolute atomic E-state index is 12.3. The Morgan fingerprint density at radius 3 is 2.61 bits per heavy atom. The van der Waals surface area contributed by atoms with Crippen molar-refractivity contribution in [1.29, 1.82) is 0 Å². The number of carbonyl (C=O) groups excluding carboxylic acids is 2. The number of hydrogen-bond donors (Lipinski definition) is 0. The molecular formula is C18H18ClNO3. The van der Waals surface area contributed by atoms with Crippen LogP contribution in [0, 0.1) is 6.92 Å². The third kappa shape index (κ3) is 3.71. The molecule has 1 saturated heterocycles. The second kappa shape index (κ2) is 6.84. The second-order valence-corrected chi connectivity index (χ2v) is 5.92. The molecule has 0 saturated carbocycles. The van der Waals surface area contributed by atoms with Crippen molar-refractivity contribution in [2.24, 2.45) is 0 Å². The molecule has 0 radical (unpaired) electrons. The summed E-state index contributed by atoms with van der Waals surface area (Å²) in [5.74, 6) is -0.364. The summed E-state index contributed by atoms with van der Waals surface area (Å²) in [7, 11) is 1.62. The van der Waals surface area contributed by atoms with Gasteiger partial charge >= 0.3 is 0 Å². The summed E-state index contributed by atoms with van der Waals surface area (Å²) >= 11 is 5.67. The summed E-state index contributed by atoms with van der Waals surface area (Å²) < 4.78 is 5.77. The molecular weight excluding hydrogens is 314 g/mol. The summed E-state index contributed by atoms with van der Waals surface area (Å²) in [6, 6.07) is 5.39. The van der Waals surface area contributed by atoms with E-state index in [4.69, 9.17) is 16.3 Å². The number of hydrogen-bond acceptors (Lipinski definition) is 3. The molecule has 0 bridgehead atoms. The first kappa shape index (κ1) is 17.0. The molecule has 1 unspecified atom stereocenters. The van der Waals surface area contributed by atoms with E-state index in [2.05, 4.69) is 13.2 Å². The molecule has 23 heavy (non-hydrogen) atoms. The van der Waals surface area contributed by atoms with Gasteiger partial charge in [-0.2, -0.15) is 0 Å². The average molecular weight is 332 g/mol. The maximum Gasteiger partial charge on any atom is 0.238 e. The fourth-order valence-electron chi connectivity index (χ4n) is 2.46. The number of ketones is 1. The Kier molecular flexibility index (Phi) is 5.06. The number of nitrogens with zero attached hydrogens (tertiary/aromatic N) is 1. The lowest BCUT2D eigenvalue weighted by atomic mass is 9.94. The van der Waals surface area contributed by atoms with Gasteiger partial charge in [0.2, 0.25) is 5.91 Å². The van der Waals surface area contributed by atoms with E-state index in [-0.39, 0.29) is 18.2 Å². The molecule has 1 aromatic rings. The third-order valence-corrected chi connectivity index (χ3v) is 3.70. The van der Waals surface area contributed by atoms with Crippen molar-refractivity contribution in [2.45, 2.75) is 12.8 Å². The van der Waals surface area contributed by atoms with Crippen molar-refractivity contribution in [3.05, 3.63) is 65.4 Å². The van der Waals surface area contributed by atoms with Crippen molar-refractivity contribution in [3.63, 3.8) is 0 Å². The summed E-state index contributed by atoms with van der Waals surface area (Å²) in [5, 5.41) is 0.350. The van der Waals surface area contributed by atoms with Crippen LogP contribution in [-0.4, -0.2) is 30.2 Å². The van der Waals surface area contributed by atoms with Crippen LogP contribution in [0.5, 0.6) is 5.75 Å². The molecule has 1 aliphatic rings. The van der Waals surface area contributed by atoms with Crippen molar-refractivity contribution in [2.75, 3.05) is 13.6 Å². The van der Waals surface area contributed by atoms with Crippen LogP contribution in [0.15, 0.2) is 54.3 Å². The number of ether oxygens (including phenoxy) is 1. The number of likely N-dealkylation sites (N-methyl/N-ethyl adjacent to an activating group) is 1. The molecule has 1 fully saturated rings. The Bertz CT molecular complexity index is 721. The Labute approximate surface area is 140 Å². The van der Waals surface area contributed by atoms with E-state index in [1.807, 2.05) is 13.0 Å². The third-order valence-electron chi connectivity index (χ3n) is 3.57. The average Bonchev–Trinajstić information content (AvgIpc) is 2.72. The lowest BCUT2D eigenvalue weighted by Crippen LogP contribution is -2.22. The van der Waals surface area contributed by atoms with Gasteiger partial charge < -0.3 is 9.64 Å². The van der Waals surface area contributed by atoms with Gasteiger partial charge in [0.25, 0.3) is 0 Å². The molecule has 1 aliphatic heterocycles. The molecule has 0 aliphatic carbocycles. The summed E-state index contributed by atoms with van der Waals surface area (Å²) in [5.41, 5.74) is 1.38. The lowest BCUT2D eigenvalue weighted by Gasteiger charge is -2.17. The highest BCUT2D eigenvalue weighted by atomic mass is 35.5. The van der Waals surface area contributed by atoms with E-state index in [1.165, 1.54) is 4.90 Å². The summed E-state index contributed by atoms with van der Waals surface area (Å²) in [6.07, 6.45) is 3.14. The predicted molar refractivity (Wildman–Crippen MR) is 90.5 cm³/mol. The van der Waals surface area contributed by atoms with Gasteiger partial charge in [0.1, 0.15) is 17.4 Å². The van der Waals surface area contributed by atoms with E-state index in [9.17, 15) is 9.59 Å². The zero-order chi connectivity index (χ0) is 17.1. The molecule has 1 aromatic carbocycles. The molecule has 0 aromatic heterocycles. The van der Waals surface area contributed by atoms with Crippen molar-refractivity contribution < 1.29 is 14.3 Å². The highest BCUT2D eigenvalue weighted by Gasteiger charge is 2.40. The minimum absolute atomic E-state index is 0.115. The van der Waals surface area contributed by atoms with Gasteiger partial charge in [-0.3, -0.25) is 9.59 Å². The van der Waals surface area contributed by atoms with Gasteiger partial charge in [0.05, 0.1) is 6.54 Å². The minimum Gasteiger partial charge on any atom is -0.457 e. The van der Waals surface area contributed by atoms with E-state index >= 15 is 0 Å². The fourth-order valence-corrected chi connectivity index (χ4v) is 2.52. The SMILES string of the molecule is C=C(Cl)C=CC(=C)Oc1c(C)cccc1C1C(=O)CN(C)C1=O. The summed E-state index contributed by atoms with van der Waals surface area (Å²) in [4.78, 5) is 25.9. The molecule has 2 rings (SSSR count). The van der Waals surface area contributed by atoms with E-state index in [1.54, 1.807) is 31.3 Å². The Hall–Kier alpha value is -2.33. The van der Waals surface area contributed by atoms with Crippen molar-refractivity contribution >= 4 is 23.3 Å². The quantitative estimate of drug-likeness (QED) is 0.472. The number of amides is 1. The Balaban J connectivity index is 2.37. The minimum atomic E-state index is -0.824. The lowest BCUT2D eigenvalue weighted by molar-refractivity contribution is -0.128. The number of Topliss-reactive ketones (excluding diaryl/α,β-unsaturated/α-hetero) is 1. The molecule has 4 nitrogen and oxygen atoms in total. The second-order valence-electron chi connectivity index (χ2n) is 5.44. The van der Waals surface area contributed by atoms with Crippen LogP contribution in [-0.2, 0) is 9.59 Å². The molecule has 0 spiro atoms. The molecule has 1 heterocycles. The topological polar surface area (TPSA) is 46.6 Å². The number of likely N-dealkylation sites (tertiary alicyclic amines) is 1. The first-order valence-electron chi connectivity index (χ1n) is 7.07. The Morgan fingerprint density at radius 1 is 1.35 bits per heavy atom. The van der Waals surface area contributed by atoms with E-state index in [0.29, 0.717) is 22.1 Å². The van der Waals surface area contributed by atoms with Gasteiger partial charge in [-0.15, -0.1) is 0 Å². The highest BCUT2D eigenvalue weighted by Crippen LogP contribution is 2.35. The van der Waals surface area contributed by atoms with Crippen molar-refractivity contribution in [3.8, 4) is 5.75 Å². The van der Waals surface area contributed by atoms with Crippen LogP contribution >= 0.6 is 11.6 Å². The van der Waals surface area contributed by atoms with Gasteiger partial charge in [-0.05, 0) is 24.6 Å². The molecule has 0 N–H and O–H groups in total. The largest absolute Gasteiger partial charge is 0.457 e. The molecule has 1 atom stereocenters. The number of carbonyl (C=O) groups is 2. The van der Waals surface area contributed by atoms with Gasteiger partial charge in [-0.1, -0.05) is 43.0 Å². The van der Waals surface area contributed by atoms with Crippen molar-refractivity contribution in [1.82, 2.24) is 4.90 Å². The van der Waals surface area contributed by atoms with Gasteiger partial charge in [0, 0.05) is 17.6 Å². The van der Waals surface area contributed by atoms with Crippen LogP contribution < -0.4 is 4.74 Å². The van der Waals surface area contributed by atoms with E-state index in [0.717, 1.165) is 5.56 Å². The first-order chi connectivity index (χ1) is 10.8. The van der Waals surface area contributed by atoms with Crippen LogP contribution in [0.2, 0.25) is 0 Å². The number of halogens is 1. The molecule has 120 valence electrons. The monoisotopic (exact) mass is 331 g/mol. The van der Waals surface area contributed by atoms with Crippen LogP contribution in [0.25, 0.3) is 0 Å². The highest BCUT2D eigenvalue weighted by molar-refractivity contribution is 6.30. The molecule has 1 amide bonds. The maximum atomic E-state index is 12.3. The molecule has 5 heteroatoms. The number of aryl methyl sites for hydroxylation is 1. The van der Waals surface area contributed by atoms with Crippen LogP contribution in [0.1, 0.15) is 17.0 Å². The smallest absolute Gasteiger partial charge is 0.238 e. The number of benzene rings is 1. The number of rotatable bonds is 5. The van der Waals surface area contributed by atoms with Crippen LogP contribution in [0.3, 0.4) is 0 Å². The number of para-hydroxylation sites is 1. The Morgan fingerprint density at radius 2 is 2.04 bits per heavy atom. The predicted octanol–water partition coefficient (Wildman–Crippen LogP) is 3.32. The van der Waals surface area contributed by atoms with E-state index < -0.39 is 5.92 Å². The number of allylic oxidation sites excluding steroid dienone is 3. The van der Waals surface area contributed by atoms with Crippen LogP contribution in [0.4, 0.5) is 0 Å².